The molecule has 96 valence electrons. The summed E-state index contributed by atoms with van der Waals surface area (Å²) in [5, 5.41) is 4.40. The number of rotatable bonds is 6. The molecule has 0 fully saturated rings. The zero-order valence-electron chi connectivity index (χ0n) is 10.6. The smallest absolute Gasteiger partial charge is 0.185 e. The van der Waals surface area contributed by atoms with Gasteiger partial charge in [0, 0.05) is 19.0 Å². The highest BCUT2D eigenvalue weighted by Crippen LogP contribution is 2.21. The molecule has 0 aliphatic carbocycles. The maximum atomic E-state index is 12.1. The van der Waals surface area contributed by atoms with E-state index in [1.165, 1.54) is 10.9 Å². The zero-order chi connectivity index (χ0) is 13.0. The van der Waals surface area contributed by atoms with Crippen molar-refractivity contribution in [1.29, 1.82) is 0 Å². The Labute approximate surface area is 107 Å². The fourth-order valence-corrected chi connectivity index (χ4v) is 2.06. The Kier molecular flexibility index (Phi) is 5.15. The fraction of sp³-hybridized carbons (Fsp3) is 0.667. The second-order valence-corrected chi connectivity index (χ2v) is 5.05. The van der Waals surface area contributed by atoms with Crippen LogP contribution < -0.4 is 5.73 Å². The molecule has 2 N–H and O–H groups in total. The first-order valence-corrected chi connectivity index (χ1v) is 6.28. The third kappa shape index (κ3) is 3.82. The van der Waals surface area contributed by atoms with E-state index >= 15 is 0 Å². The highest BCUT2D eigenvalue weighted by molar-refractivity contribution is 6.33. The number of nitrogens with zero attached hydrogens (tertiary/aromatic N) is 2. The lowest BCUT2D eigenvalue weighted by Crippen LogP contribution is -2.18. The summed E-state index contributed by atoms with van der Waals surface area (Å²) >= 11 is 5.94. The van der Waals surface area contributed by atoms with Crippen LogP contribution in [-0.4, -0.2) is 21.6 Å². The molecule has 0 bridgehead atoms. The van der Waals surface area contributed by atoms with Crippen molar-refractivity contribution in [3.8, 4) is 0 Å². The molecule has 5 heteroatoms. The average Bonchev–Trinajstić information content (AvgIpc) is 2.57. The standard InChI is InChI=1S/C12H20ClN3O/c1-8(5-4-6-9(2)14)12(17)11-10(13)7-15-16(11)3/h7-9H,4-6,14H2,1-3H3. The van der Waals surface area contributed by atoms with Crippen molar-refractivity contribution in [2.24, 2.45) is 18.7 Å². The number of carbonyl (C=O) groups excluding carboxylic acids is 1. The van der Waals surface area contributed by atoms with Crippen molar-refractivity contribution >= 4 is 17.4 Å². The van der Waals surface area contributed by atoms with Crippen LogP contribution in [-0.2, 0) is 7.05 Å². The third-order valence-corrected chi connectivity index (χ3v) is 3.15. The number of ketones is 1. The minimum Gasteiger partial charge on any atom is -0.328 e. The fourth-order valence-electron chi connectivity index (χ4n) is 1.80. The van der Waals surface area contributed by atoms with Gasteiger partial charge < -0.3 is 5.73 Å². The number of aromatic nitrogens is 2. The van der Waals surface area contributed by atoms with Gasteiger partial charge in [-0.15, -0.1) is 0 Å². The number of hydrogen-bond donors (Lipinski definition) is 1. The SMILES string of the molecule is CC(N)CCCC(C)C(=O)c1c(Cl)cnn1C. The van der Waals surface area contributed by atoms with Crippen LogP contribution in [0, 0.1) is 5.92 Å². The topological polar surface area (TPSA) is 60.9 Å². The second-order valence-electron chi connectivity index (χ2n) is 4.64. The Balaban J connectivity index is 2.58. The van der Waals surface area contributed by atoms with Gasteiger partial charge in [0.1, 0.15) is 5.69 Å². The normalized spacial score (nSPS) is 14.6. The van der Waals surface area contributed by atoms with E-state index in [9.17, 15) is 4.79 Å². The molecule has 0 saturated heterocycles. The Morgan fingerprint density at radius 3 is 2.65 bits per heavy atom. The highest BCUT2D eigenvalue weighted by Gasteiger charge is 2.21. The third-order valence-electron chi connectivity index (χ3n) is 2.87. The molecule has 0 saturated carbocycles. The summed E-state index contributed by atoms with van der Waals surface area (Å²) in [5.41, 5.74) is 6.18. The largest absolute Gasteiger partial charge is 0.328 e. The molecule has 0 radical (unpaired) electrons. The van der Waals surface area contributed by atoms with E-state index < -0.39 is 0 Å². The number of carbonyl (C=O) groups is 1. The molecule has 2 unspecified atom stereocenters. The quantitative estimate of drug-likeness (QED) is 0.796. The van der Waals surface area contributed by atoms with Crippen molar-refractivity contribution in [1.82, 2.24) is 9.78 Å². The van der Waals surface area contributed by atoms with E-state index in [1.807, 2.05) is 13.8 Å². The van der Waals surface area contributed by atoms with Crippen LogP contribution in [0.25, 0.3) is 0 Å². The number of hydrogen-bond acceptors (Lipinski definition) is 3. The Bertz CT molecular complexity index is 368. The maximum Gasteiger partial charge on any atom is 0.185 e. The lowest BCUT2D eigenvalue weighted by molar-refractivity contribution is 0.0912. The summed E-state index contributed by atoms with van der Waals surface area (Å²) < 4.78 is 1.53. The first-order chi connectivity index (χ1) is 7.93. The minimum atomic E-state index is -0.0401. The van der Waals surface area contributed by atoms with E-state index in [0.29, 0.717) is 10.7 Å². The van der Waals surface area contributed by atoms with Crippen LogP contribution in [0.5, 0.6) is 0 Å². The minimum absolute atomic E-state index is 0.0401. The number of Topliss-reactive ketones (excluding diaryl/α,β-unsaturated/α-hetero) is 1. The van der Waals surface area contributed by atoms with Gasteiger partial charge in [0.2, 0.25) is 0 Å². The van der Waals surface area contributed by atoms with Crippen molar-refractivity contribution in [3.05, 3.63) is 16.9 Å². The molecule has 0 aromatic carbocycles. The zero-order valence-corrected chi connectivity index (χ0v) is 11.4. The molecular weight excluding hydrogens is 238 g/mol. The van der Waals surface area contributed by atoms with Crippen molar-refractivity contribution in [2.45, 2.75) is 39.2 Å². The number of nitrogens with two attached hydrogens (primary N) is 1. The lowest BCUT2D eigenvalue weighted by Gasteiger charge is -2.11. The highest BCUT2D eigenvalue weighted by atomic mass is 35.5. The molecule has 0 amide bonds. The molecule has 1 rings (SSSR count). The van der Waals surface area contributed by atoms with Gasteiger partial charge in [0.25, 0.3) is 0 Å². The van der Waals surface area contributed by atoms with E-state index in [-0.39, 0.29) is 17.7 Å². The van der Waals surface area contributed by atoms with Crippen LogP contribution in [0.15, 0.2) is 6.20 Å². The molecule has 0 aliphatic heterocycles. The predicted octanol–water partition coefficient (Wildman–Crippen LogP) is 2.41. The molecule has 2 atom stereocenters. The van der Waals surface area contributed by atoms with Crippen LogP contribution in [0.4, 0.5) is 0 Å². The second kappa shape index (κ2) is 6.17. The monoisotopic (exact) mass is 257 g/mol. The van der Waals surface area contributed by atoms with Gasteiger partial charge in [-0.2, -0.15) is 5.10 Å². The molecule has 1 aromatic heterocycles. The molecule has 17 heavy (non-hydrogen) atoms. The Morgan fingerprint density at radius 1 is 1.53 bits per heavy atom. The molecule has 1 heterocycles. The van der Waals surface area contributed by atoms with E-state index in [2.05, 4.69) is 5.10 Å². The van der Waals surface area contributed by atoms with Gasteiger partial charge >= 0.3 is 0 Å². The van der Waals surface area contributed by atoms with Crippen molar-refractivity contribution in [2.75, 3.05) is 0 Å². The summed E-state index contributed by atoms with van der Waals surface area (Å²) in [6.07, 6.45) is 4.24. The summed E-state index contributed by atoms with van der Waals surface area (Å²) in [5.74, 6) is 0.0151. The molecule has 0 aliphatic rings. The number of aryl methyl sites for hydroxylation is 1. The molecule has 0 spiro atoms. The Hall–Kier alpha value is -0.870. The van der Waals surface area contributed by atoms with Crippen molar-refractivity contribution < 1.29 is 4.79 Å². The Morgan fingerprint density at radius 2 is 2.18 bits per heavy atom. The van der Waals surface area contributed by atoms with Crippen molar-refractivity contribution in [3.63, 3.8) is 0 Å². The van der Waals surface area contributed by atoms with Crippen LogP contribution in [0.1, 0.15) is 43.6 Å². The van der Waals surface area contributed by atoms with Gasteiger partial charge in [-0.05, 0) is 19.8 Å². The van der Waals surface area contributed by atoms with E-state index in [1.54, 1.807) is 7.05 Å². The molecular formula is C12H20ClN3O. The maximum absolute atomic E-state index is 12.1. The molecule has 1 aromatic rings. The first kappa shape index (κ1) is 14.2. The van der Waals surface area contributed by atoms with Crippen LogP contribution in [0.2, 0.25) is 5.02 Å². The van der Waals surface area contributed by atoms with Gasteiger partial charge in [-0.3, -0.25) is 9.48 Å². The van der Waals surface area contributed by atoms with Crippen LogP contribution >= 0.6 is 11.6 Å². The van der Waals surface area contributed by atoms with Gasteiger partial charge in [-0.1, -0.05) is 24.9 Å². The van der Waals surface area contributed by atoms with Gasteiger partial charge in [-0.25, -0.2) is 0 Å². The summed E-state index contributed by atoms with van der Waals surface area (Å²) in [6.45, 7) is 3.90. The van der Waals surface area contributed by atoms with Gasteiger partial charge in [0.05, 0.1) is 11.2 Å². The predicted molar refractivity (Wildman–Crippen MR) is 69.2 cm³/mol. The van der Waals surface area contributed by atoms with Crippen LogP contribution in [0.3, 0.4) is 0 Å². The van der Waals surface area contributed by atoms with E-state index in [0.717, 1.165) is 19.3 Å². The van der Waals surface area contributed by atoms with Gasteiger partial charge in [0.15, 0.2) is 5.78 Å². The summed E-state index contributed by atoms with van der Waals surface area (Å²) in [4.78, 5) is 12.1. The van der Waals surface area contributed by atoms with E-state index in [4.69, 9.17) is 17.3 Å². The first-order valence-electron chi connectivity index (χ1n) is 5.90. The summed E-state index contributed by atoms with van der Waals surface area (Å²) in [7, 11) is 1.73. The summed E-state index contributed by atoms with van der Waals surface area (Å²) in [6, 6.07) is 0.192. The lowest BCUT2D eigenvalue weighted by atomic mass is 9.96. The number of halogens is 1. The molecule has 4 nitrogen and oxygen atoms in total. The average molecular weight is 258 g/mol.